The van der Waals surface area contributed by atoms with E-state index in [1.54, 1.807) is 4.90 Å². The van der Waals surface area contributed by atoms with Crippen molar-refractivity contribution in [3.63, 3.8) is 0 Å². The van der Waals surface area contributed by atoms with Crippen LogP contribution < -0.4 is 21.7 Å². The molecule has 0 saturated carbocycles. The van der Waals surface area contributed by atoms with Gasteiger partial charge in [-0.1, -0.05) is 0 Å². The van der Waals surface area contributed by atoms with Crippen molar-refractivity contribution >= 4 is 46.8 Å². The molecule has 19 nitrogen and oxygen atoms in total. The predicted molar refractivity (Wildman–Crippen MR) is 214 cm³/mol. The molecular weight excluding hydrogens is 772 g/mol. The number of carbonyl (C=O) groups is 6. The summed E-state index contributed by atoms with van der Waals surface area (Å²) in [7, 11) is 5.80. The summed E-state index contributed by atoms with van der Waals surface area (Å²) in [4.78, 5) is 68.6. The second kappa shape index (κ2) is 31.6. The average molecular weight is 843 g/mol. The van der Waals surface area contributed by atoms with Gasteiger partial charge in [-0.15, -0.1) is 0 Å². The number of hydrogen-bond donors (Lipinski definition) is 5. The molecule has 0 radical (unpaired) electrons. The van der Waals surface area contributed by atoms with Crippen LogP contribution in [0.15, 0.2) is 0 Å². The summed E-state index contributed by atoms with van der Waals surface area (Å²) < 4.78 is 28.5. The Labute approximate surface area is 343 Å². The highest BCUT2D eigenvalue weighted by Crippen LogP contribution is 2.13. The zero-order valence-electron chi connectivity index (χ0n) is 35.7. The van der Waals surface area contributed by atoms with Crippen molar-refractivity contribution in [3.8, 4) is 0 Å². The molecule has 0 aliphatic carbocycles. The summed E-state index contributed by atoms with van der Waals surface area (Å²) in [6.45, 7) is 16.0. The van der Waals surface area contributed by atoms with Gasteiger partial charge in [-0.2, -0.15) is 0 Å². The van der Waals surface area contributed by atoms with Gasteiger partial charge in [-0.25, -0.2) is 14.4 Å². The van der Waals surface area contributed by atoms with Gasteiger partial charge in [0.05, 0.1) is 0 Å². The summed E-state index contributed by atoms with van der Waals surface area (Å²) in [6, 6.07) is 0.615. The van der Waals surface area contributed by atoms with E-state index >= 15 is 0 Å². The number of halogens is 1. The standard InChI is InChI=1S/C13H24N2O4.C10H20N2O2.C8H16N2O2.C3H5ClO2.C3H6O3/c1-13(2,3)19-12(17)14-10-5-7-15(8-6-10)11(16)9-18-4;1-10(2,3)14-9(13)12-8-4-6-11-7-5-8;1-12-6-8(11)10-4-2-7(9)3-5-10;2*1-6-2-3(4)5/h10H,5-9H2,1-4H3,(H,14,17);8,11H,4-7H2,1-3H3,(H,12,13);7H,2-6,9H2,1H3;2H2,1H3;2H2,1H3,(H,4,5). The van der Waals surface area contributed by atoms with Crippen molar-refractivity contribution in [2.24, 2.45) is 5.73 Å². The number of ether oxygens (including phenoxy) is 6. The maximum Gasteiger partial charge on any atom is 0.407 e. The highest BCUT2D eigenvalue weighted by Gasteiger charge is 2.26. The minimum absolute atomic E-state index is 0.00154. The largest absolute Gasteiger partial charge is 0.480 e. The van der Waals surface area contributed by atoms with E-state index < -0.39 is 28.5 Å². The number of carbonyl (C=O) groups excluding carboxylic acids is 5. The van der Waals surface area contributed by atoms with E-state index in [-0.39, 0.29) is 62.5 Å². The minimum atomic E-state index is -0.933. The number of piperidine rings is 3. The third-order valence-electron chi connectivity index (χ3n) is 7.58. The van der Waals surface area contributed by atoms with Gasteiger partial charge in [0.1, 0.15) is 37.6 Å². The van der Waals surface area contributed by atoms with Crippen molar-refractivity contribution in [2.45, 2.75) is 109 Å². The summed E-state index contributed by atoms with van der Waals surface area (Å²) in [6.07, 6.45) is 4.59. The Morgan fingerprint density at radius 1 is 0.632 bits per heavy atom. The quantitative estimate of drug-likeness (QED) is 0.198. The highest BCUT2D eigenvalue weighted by atomic mass is 35.5. The molecule has 334 valence electrons. The first kappa shape index (κ1) is 55.8. The van der Waals surface area contributed by atoms with Crippen LogP contribution in [-0.2, 0) is 47.6 Å². The molecular formula is C37H71ClN6O13. The van der Waals surface area contributed by atoms with Gasteiger partial charge in [0.25, 0.3) is 0 Å². The molecule has 0 aromatic carbocycles. The molecule has 3 fully saturated rings. The lowest BCUT2D eigenvalue weighted by Crippen LogP contribution is -2.48. The van der Waals surface area contributed by atoms with E-state index in [1.165, 1.54) is 28.4 Å². The number of hydrogen-bond acceptors (Lipinski definition) is 14. The summed E-state index contributed by atoms with van der Waals surface area (Å²) in [5.41, 5.74) is 4.81. The number of carboxylic acids is 1. The monoisotopic (exact) mass is 842 g/mol. The second-order valence-electron chi connectivity index (χ2n) is 15.2. The maximum absolute atomic E-state index is 11.6. The molecule has 3 aliphatic rings. The Morgan fingerprint density at radius 3 is 1.26 bits per heavy atom. The number of methoxy groups -OCH3 is 4. The smallest absolute Gasteiger partial charge is 0.407 e. The molecule has 3 saturated heterocycles. The Bertz CT molecular complexity index is 1130. The molecule has 3 rings (SSSR count). The Balaban J connectivity index is 0. The van der Waals surface area contributed by atoms with Crippen LogP contribution in [0.3, 0.4) is 0 Å². The van der Waals surface area contributed by atoms with Crippen molar-refractivity contribution < 1.29 is 62.3 Å². The SMILES string of the molecule is CC(C)(C)OC(=O)NC1CCNCC1.COCC(=O)Cl.COCC(=O)N1CCC(N)CC1.COCC(=O)N1CCC(NC(=O)OC(C)(C)C)CC1.COCC(=O)O. The molecule has 3 aliphatic heterocycles. The number of likely N-dealkylation sites (tertiary alicyclic amines) is 2. The first-order chi connectivity index (χ1) is 26.6. The number of carboxylic acid groups (broad SMARTS) is 1. The first-order valence-electron chi connectivity index (χ1n) is 18.9. The maximum atomic E-state index is 11.6. The molecule has 20 heteroatoms. The molecule has 0 atom stereocenters. The van der Waals surface area contributed by atoms with Crippen LogP contribution >= 0.6 is 11.6 Å². The van der Waals surface area contributed by atoms with Crippen LogP contribution in [0, 0.1) is 0 Å². The molecule has 4 amide bonds. The van der Waals surface area contributed by atoms with Crippen molar-refractivity contribution in [2.75, 3.05) is 94.1 Å². The third-order valence-corrected chi connectivity index (χ3v) is 7.69. The molecule has 0 aromatic rings. The van der Waals surface area contributed by atoms with E-state index in [2.05, 4.69) is 25.4 Å². The number of nitrogens with zero attached hydrogens (tertiary/aromatic N) is 2. The van der Waals surface area contributed by atoms with Gasteiger partial charge in [0, 0.05) is 72.7 Å². The fourth-order valence-electron chi connectivity index (χ4n) is 5.00. The average Bonchev–Trinajstić information content (AvgIpc) is 3.09. The Hall–Kier alpha value is -3.33. The van der Waals surface area contributed by atoms with Gasteiger partial charge in [-0.05, 0) is 105 Å². The van der Waals surface area contributed by atoms with Gasteiger partial charge < -0.3 is 65.0 Å². The van der Waals surface area contributed by atoms with Crippen LogP contribution in [0.1, 0.15) is 80.1 Å². The van der Waals surface area contributed by atoms with E-state index in [9.17, 15) is 28.8 Å². The second-order valence-corrected chi connectivity index (χ2v) is 15.6. The van der Waals surface area contributed by atoms with Crippen LogP contribution in [0.2, 0.25) is 0 Å². The zero-order valence-corrected chi connectivity index (χ0v) is 36.5. The van der Waals surface area contributed by atoms with Crippen molar-refractivity contribution in [1.29, 1.82) is 0 Å². The number of amides is 4. The molecule has 0 unspecified atom stereocenters. The Kier molecular flexibility index (Phi) is 31.0. The summed E-state index contributed by atoms with van der Waals surface area (Å²) >= 11 is 4.81. The van der Waals surface area contributed by atoms with E-state index in [4.69, 9.17) is 41.4 Å². The zero-order chi connectivity index (χ0) is 44.0. The number of aliphatic carboxylic acids is 1. The van der Waals surface area contributed by atoms with Gasteiger partial charge in [0.15, 0.2) is 0 Å². The highest BCUT2D eigenvalue weighted by molar-refractivity contribution is 6.63. The van der Waals surface area contributed by atoms with Crippen molar-refractivity contribution in [1.82, 2.24) is 25.8 Å². The van der Waals surface area contributed by atoms with Crippen molar-refractivity contribution in [3.05, 3.63) is 0 Å². The minimum Gasteiger partial charge on any atom is -0.480 e. The first-order valence-corrected chi connectivity index (χ1v) is 19.3. The lowest BCUT2D eigenvalue weighted by molar-refractivity contribution is -0.141. The third kappa shape index (κ3) is 34.4. The van der Waals surface area contributed by atoms with E-state index in [0.29, 0.717) is 13.1 Å². The lowest BCUT2D eigenvalue weighted by Gasteiger charge is -2.32. The summed E-state index contributed by atoms with van der Waals surface area (Å²) in [5.74, 6) is -0.861. The molecule has 0 bridgehead atoms. The van der Waals surface area contributed by atoms with Crippen LogP contribution in [0.5, 0.6) is 0 Å². The van der Waals surface area contributed by atoms with Crippen LogP contribution in [-0.4, -0.2) is 174 Å². The number of nitrogens with one attached hydrogen (secondary N) is 3. The Morgan fingerprint density at radius 2 is 0.982 bits per heavy atom. The number of rotatable bonds is 10. The molecule has 0 spiro atoms. The topological polar surface area (TPSA) is 247 Å². The normalized spacial score (nSPS) is 16.3. The summed E-state index contributed by atoms with van der Waals surface area (Å²) in [5, 5.41) is 16.3. The fourth-order valence-corrected chi connectivity index (χ4v) is 5.11. The fraction of sp³-hybridized carbons (Fsp3) is 0.838. The van der Waals surface area contributed by atoms with Gasteiger partial charge in [-0.3, -0.25) is 14.4 Å². The number of nitrogens with two attached hydrogens (primary N) is 1. The molecule has 3 heterocycles. The van der Waals surface area contributed by atoms with E-state index in [0.717, 1.165) is 64.7 Å². The molecule has 57 heavy (non-hydrogen) atoms. The van der Waals surface area contributed by atoms with Gasteiger partial charge in [0.2, 0.25) is 17.1 Å². The van der Waals surface area contributed by atoms with Crippen LogP contribution in [0.25, 0.3) is 0 Å². The van der Waals surface area contributed by atoms with Crippen LogP contribution in [0.4, 0.5) is 9.59 Å². The number of alkyl carbamates (subject to hydrolysis) is 2. The predicted octanol–water partition coefficient (Wildman–Crippen LogP) is 2.11. The van der Waals surface area contributed by atoms with E-state index in [1.807, 2.05) is 46.4 Å². The molecule has 0 aromatic heterocycles. The van der Waals surface area contributed by atoms with Gasteiger partial charge >= 0.3 is 18.2 Å². The lowest BCUT2D eigenvalue weighted by atomic mass is 10.1. The molecule has 6 N–H and O–H groups in total.